The van der Waals surface area contributed by atoms with Crippen molar-refractivity contribution in [2.75, 3.05) is 7.11 Å². The fraction of sp³-hybridized carbons (Fsp3) is 0.308. The van der Waals surface area contributed by atoms with Crippen molar-refractivity contribution >= 4 is 11.8 Å². The number of pyridine rings is 2. The summed E-state index contributed by atoms with van der Waals surface area (Å²) in [4.78, 5) is 41.9. The molecule has 0 amide bonds. The Morgan fingerprint density at radius 3 is 2.53 bits per heavy atom. The number of ether oxygens (including phenoxy) is 3. The molecule has 0 unspecified atom stereocenters. The molecule has 3 aromatic rings. The quantitative estimate of drug-likeness (QED) is 0.462. The van der Waals surface area contributed by atoms with Crippen molar-refractivity contribution < 1.29 is 32.6 Å². The molecule has 1 aromatic carbocycles. The summed E-state index contributed by atoms with van der Waals surface area (Å²) in [5.74, 6) is -0.770. The number of rotatable bonds is 7. The van der Waals surface area contributed by atoms with Crippen LogP contribution in [0.4, 0.5) is 8.78 Å². The molecule has 0 N–H and O–H groups in total. The van der Waals surface area contributed by atoms with Crippen LogP contribution < -0.4 is 15.0 Å². The van der Waals surface area contributed by atoms with E-state index in [1.165, 1.54) is 36.1 Å². The molecule has 0 spiro atoms. The number of carbonyl (C=O) groups is 2. The van der Waals surface area contributed by atoms with E-state index in [0.717, 1.165) is 5.56 Å². The Kier molecular flexibility index (Phi) is 5.61. The van der Waals surface area contributed by atoms with E-state index in [9.17, 15) is 23.2 Å². The Morgan fingerprint density at radius 1 is 1.08 bits per heavy atom. The van der Waals surface area contributed by atoms with Gasteiger partial charge >= 0.3 is 12.3 Å². The molecular weight excluding hydrogens is 474 g/mol. The molecule has 8 nitrogen and oxygen atoms in total. The average molecular weight is 496 g/mol. The molecule has 1 aliphatic carbocycles. The van der Waals surface area contributed by atoms with E-state index < -0.39 is 17.7 Å². The van der Waals surface area contributed by atoms with Crippen LogP contribution in [0.2, 0.25) is 0 Å². The predicted molar refractivity (Wildman–Crippen MR) is 123 cm³/mol. The van der Waals surface area contributed by atoms with Crippen molar-refractivity contribution in [1.82, 2.24) is 9.55 Å². The van der Waals surface area contributed by atoms with Gasteiger partial charge in [0.05, 0.1) is 18.2 Å². The summed E-state index contributed by atoms with van der Waals surface area (Å²) in [7, 11) is 1.25. The highest BCUT2D eigenvalue weighted by Gasteiger charge is 2.52. The van der Waals surface area contributed by atoms with Gasteiger partial charge in [-0.1, -0.05) is 12.1 Å². The second kappa shape index (κ2) is 8.54. The zero-order valence-corrected chi connectivity index (χ0v) is 19.5. The maximum absolute atomic E-state index is 13.4. The maximum Gasteiger partial charge on any atom is 0.586 e. The Morgan fingerprint density at radius 2 is 1.83 bits per heavy atom. The first-order valence-corrected chi connectivity index (χ1v) is 11.3. The Balaban J connectivity index is 1.37. The molecule has 2 aliphatic rings. The zero-order chi connectivity index (χ0) is 25.7. The minimum Gasteiger partial charge on any atom is -0.468 e. The van der Waals surface area contributed by atoms with Crippen LogP contribution in [0.5, 0.6) is 11.5 Å². The van der Waals surface area contributed by atoms with Crippen LogP contribution in [-0.4, -0.2) is 34.7 Å². The molecule has 3 heterocycles. The lowest BCUT2D eigenvalue weighted by Crippen LogP contribution is -2.26. The van der Waals surface area contributed by atoms with E-state index in [4.69, 9.17) is 0 Å². The molecule has 0 saturated heterocycles. The van der Waals surface area contributed by atoms with Gasteiger partial charge in [0.1, 0.15) is 12.3 Å². The van der Waals surface area contributed by atoms with Gasteiger partial charge in [0.2, 0.25) is 0 Å². The number of carbonyl (C=O) groups excluding carboxylic acids is 2. The van der Waals surface area contributed by atoms with E-state index in [1.807, 2.05) is 13.0 Å². The van der Waals surface area contributed by atoms with E-state index >= 15 is 0 Å². The SMILES string of the molecule is COC(=O)Cn1ccc(-c2nc(CC(=O)C3(c4ccc5c(c4)OC(F)(F)O5)CC3)ccc2C)cc1=O. The molecule has 0 radical (unpaired) electrons. The number of hydrogen-bond donors (Lipinski definition) is 0. The van der Waals surface area contributed by atoms with Crippen LogP contribution in [0.3, 0.4) is 0 Å². The summed E-state index contributed by atoms with van der Waals surface area (Å²) in [5.41, 5.74) is 1.90. The van der Waals surface area contributed by atoms with Gasteiger partial charge in [-0.05, 0) is 55.2 Å². The van der Waals surface area contributed by atoms with Crippen LogP contribution >= 0.6 is 0 Å². The van der Waals surface area contributed by atoms with Crippen molar-refractivity contribution in [2.24, 2.45) is 0 Å². The first-order valence-electron chi connectivity index (χ1n) is 11.3. The van der Waals surface area contributed by atoms with Crippen molar-refractivity contribution in [3.63, 3.8) is 0 Å². The largest absolute Gasteiger partial charge is 0.586 e. The second-order valence-electron chi connectivity index (χ2n) is 8.94. The van der Waals surface area contributed by atoms with Gasteiger partial charge in [-0.3, -0.25) is 19.4 Å². The first kappa shape index (κ1) is 23.7. The highest BCUT2D eigenvalue weighted by Crippen LogP contribution is 2.52. The topological polar surface area (TPSA) is 96.7 Å². The number of methoxy groups -OCH3 is 1. The number of esters is 1. The Bertz CT molecular complexity index is 1440. The molecule has 0 bridgehead atoms. The number of nitrogens with zero attached hydrogens (tertiary/aromatic N) is 2. The molecule has 0 atom stereocenters. The van der Waals surface area contributed by atoms with Crippen LogP contribution in [0, 0.1) is 6.92 Å². The minimum absolute atomic E-state index is 0.0390. The van der Waals surface area contributed by atoms with E-state index in [0.29, 0.717) is 35.4 Å². The van der Waals surface area contributed by atoms with Gasteiger partial charge in [0.25, 0.3) is 5.56 Å². The number of Topliss-reactive ketones (excluding diaryl/α,β-unsaturated/α-hetero) is 1. The third-order valence-electron chi connectivity index (χ3n) is 6.53. The second-order valence-corrected chi connectivity index (χ2v) is 8.94. The van der Waals surface area contributed by atoms with E-state index in [2.05, 4.69) is 19.2 Å². The standard InChI is InChI=1S/C26H22F2N2O6/c1-15-3-5-18(29-24(15)16-7-10-30(22(32)11-16)14-23(33)34-2)13-21(31)25(8-9-25)17-4-6-19-20(12-17)36-26(27,28)35-19/h3-7,10-12H,8-9,13-14H2,1-2H3. The number of hydrogen-bond acceptors (Lipinski definition) is 7. The van der Waals surface area contributed by atoms with Gasteiger partial charge in [0, 0.05) is 29.9 Å². The van der Waals surface area contributed by atoms with Crippen molar-refractivity contribution in [3.8, 4) is 22.8 Å². The predicted octanol–water partition coefficient (Wildman–Crippen LogP) is 3.56. The van der Waals surface area contributed by atoms with Crippen molar-refractivity contribution in [2.45, 2.75) is 44.4 Å². The summed E-state index contributed by atoms with van der Waals surface area (Å²) in [6.45, 7) is 1.65. The zero-order valence-electron chi connectivity index (χ0n) is 19.5. The molecule has 2 aromatic heterocycles. The molecule has 10 heteroatoms. The summed E-state index contributed by atoms with van der Waals surface area (Å²) in [6, 6.07) is 11.1. The van der Waals surface area contributed by atoms with Gasteiger partial charge in [-0.2, -0.15) is 0 Å². The highest BCUT2D eigenvalue weighted by atomic mass is 19.3. The number of benzene rings is 1. The number of alkyl halides is 2. The lowest BCUT2D eigenvalue weighted by molar-refractivity contribution is -0.286. The third kappa shape index (κ3) is 4.34. The van der Waals surface area contributed by atoms with Gasteiger partial charge in [-0.25, -0.2) is 0 Å². The molecule has 36 heavy (non-hydrogen) atoms. The Hall–Kier alpha value is -4.08. The summed E-state index contributed by atoms with van der Waals surface area (Å²) < 4.78 is 41.6. The molecule has 5 rings (SSSR count). The summed E-state index contributed by atoms with van der Waals surface area (Å²) in [6.07, 6.45) is -0.991. The normalized spacial score (nSPS) is 16.4. The minimum atomic E-state index is -3.72. The van der Waals surface area contributed by atoms with Crippen LogP contribution in [-0.2, 0) is 32.7 Å². The first-order chi connectivity index (χ1) is 17.1. The maximum atomic E-state index is 13.4. The lowest BCUT2D eigenvalue weighted by atomic mass is 9.88. The number of aromatic nitrogens is 2. The number of ketones is 1. The van der Waals surface area contributed by atoms with Gasteiger partial charge in [-0.15, -0.1) is 8.78 Å². The molecule has 1 saturated carbocycles. The fourth-order valence-electron chi connectivity index (χ4n) is 4.38. The van der Waals surface area contributed by atoms with E-state index in [-0.39, 0.29) is 35.8 Å². The lowest BCUT2D eigenvalue weighted by Gasteiger charge is -2.16. The van der Waals surface area contributed by atoms with Crippen LogP contribution in [0.25, 0.3) is 11.3 Å². The van der Waals surface area contributed by atoms with Crippen LogP contribution in [0.15, 0.2) is 53.5 Å². The molecular formula is C26H22F2N2O6. The number of aryl methyl sites for hydroxylation is 1. The number of halogens is 2. The number of fused-ring (bicyclic) bond motifs is 1. The highest BCUT2D eigenvalue weighted by molar-refractivity contribution is 5.94. The Labute approximate surface area is 204 Å². The molecule has 186 valence electrons. The van der Waals surface area contributed by atoms with E-state index in [1.54, 1.807) is 18.2 Å². The average Bonchev–Trinajstić information content (AvgIpc) is 3.58. The summed E-state index contributed by atoms with van der Waals surface area (Å²) in [5, 5.41) is 0. The smallest absolute Gasteiger partial charge is 0.468 e. The molecule has 1 fully saturated rings. The van der Waals surface area contributed by atoms with Crippen molar-refractivity contribution in [1.29, 1.82) is 0 Å². The van der Waals surface area contributed by atoms with Crippen LogP contribution in [0.1, 0.15) is 29.7 Å². The fourth-order valence-corrected chi connectivity index (χ4v) is 4.38. The molecule has 1 aliphatic heterocycles. The van der Waals surface area contributed by atoms with Gasteiger partial charge in [0.15, 0.2) is 11.5 Å². The third-order valence-corrected chi connectivity index (χ3v) is 6.53. The van der Waals surface area contributed by atoms with Crippen molar-refractivity contribution in [3.05, 3.63) is 75.8 Å². The van der Waals surface area contributed by atoms with Gasteiger partial charge < -0.3 is 18.8 Å². The monoisotopic (exact) mass is 496 g/mol. The summed E-state index contributed by atoms with van der Waals surface area (Å²) >= 11 is 0.